The van der Waals surface area contributed by atoms with Crippen molar-refractivity contribution in [2.75, 3.05) is 6.61 Å². The van der Waals surface area contributed by atoms with Crippen LogP contribution in [0.4, 0.5) is 26.7 Å². The van der Waals surface area contributed by atoms with Gasteiger partial charge in [-0.3, -0.25) is 4.79 Å². The second-order valence-corrected chi connectivity index (χ2v) is 10.2. The smallest absolute Gasteiger partial charge is 0.416 e. The molecule has 0 spiro atoms. The summed E-state index contributed by atoms with van der Waals surface area (Å²) in [5.74, 6) is -4.48. The minimum atomic E-state index is -4.56. The van der Waals surface area contributed by atoms with Gasteiger partial charge >= 0.3 is 12.3 Å². The van der Waals surface area contributed by atoms with Crippen molar-refractivity contribution in [2.24, 2.45) is 12.8 Å². The van der Waals surface area contributed by atoms with Gasteiger partial charge in [0, 0.05) is 12.6 Å². The molecular formula is C29H21BrF5N5O5. The number of alkyl halides is 3. The highest BCUT2D eigenvalue weighted by molar-refractivity contribution is 9.10. The molecule has 2 heterocycles. The van der Waals surface area contributed by atoms with Gasteiger partial charge in [-0.15, -0.1) is 0 Å². The lowest BCUT2D eigenvalue weighted by Gasteiger charge is -2.18. The van der Waals surface area contributed by atoms with Crippen molar-refractivity contribution in [1.82, 2.24) is 19.9 Å². The number of aryl methyl sites for hydroxylation is 1. The maximum absolute atomic E-state index is 15.0. The van der Waals surface area contributed by atoms with Crippen LogP contribution < -0.4 is 15.8 Å². The maximum Gasteiger partial charge on any atom is 0.416 e. The number of aromatic nitrogens is 3. The molecule has 0 aliphatic rings. The number of nitrogens with two attached hydrogens (primary N) is 1. The number of primary amides is 1. The molecular weight excluding hydrogens is 673 g/mol. The molecule has 234 valence electrons. The van der Waals surface area contributed by atoms with Gasteiger partial charge in [-0.1, -0.05) is 24.3 Å². The highest BCUT2D eigenvalue weighted by atomic mass is 79.9. The van der Waals surface area contributed by atoms with Gasteiger partial charge in [0.2, 0.25) is 12.0 Å². The fourth-order valence-electron chi connectivity index (χ4n) is 4.32. The number of rotatable bonds is 9. The quantitative estimate of drug-likeness (QED) is 0.170. The van der Waals surface area contributed by atoms with E-state index in [0.717, 1.165) is 41.9 Å². The van der Waals surface area contributed by atoms with Crippen LogP contribution in [0.25, 0.3) is 22.3 Å². The second kappa shape index (κ2) is 12.6. The molecule has 0 radical (unpaired) electrons. The number of carbonyl (C=O) groups is 2. The number of benzene rings is 3. The summed E-state index contributed by atoms with van der Waals surface area (Å²) in [6, 6.07) is 13.0. The molecule has 0 aliphatic heterocycles. The Labute approximate surface area is 259 Å². The van der Waals surface area contributed by atoms with Crippen LogP contribution in [0.2, 0.25) is 0 Å². The van der Waals surface area contributed by atoms with E-state index in [-0.39, 0.29) is 28.4 Å². The number of fused-ring (bicyclic) bond motifs is 1. The van der Waals surface area contributed by atoms with Crippen LogP contribution in [-0.4, -0.2) is 33.1 Å². The number of hydrogen-bond acceptors (Lipinski definition) is 7. The van der Waals surface area contributed by atoms with Crippen LogP contribution in [-0.2, 0) is 24.5 Å². The number of ether oxygens (including phenoxy) is 2. The van der Waals surface area contributed by atoms with Crippen molar-refractivity contribution in [3.8, 4) is 17.0 Å². The number of nitrogens with zero attached hydrogens (tertiary/aromatic N) is 3. The van der Waals surface area contributed by atoms with Crippen LogP contribution in [0.3, 0.4) is 0 Å². The minimum Gasteiger partial charge on any atom is -0.474 e. The van der Waals surface area contributed by atoms with Gasteiger partial charge in [-0.2, -0.15) is 13.2 Å². The normalized spacial score (nSPS) is 12.2. The molecule has 2 aromatic heterocycles. The Hall–Kier alpha value is -4.99. The largest absolute Gasteiger partial charge is 0.474 e. The van der Waals surface area contributed by atoms with Gasteiger partial charge in [-0.25, -0.2) is 23.5 Å². The van der Waals surface area contributed by atoms with Crippen molar-refractivity contribution < 1.29 is 45.4 Å². The molecule has 3 aromatic carbocycles. The summed E-state index contributed by atoms with van der Waals surface area (Å²) in [5, 5.41) is 2.54. The van der Waals surface area contributed by atoms with Gasteiger partial charge in [-0.05, 0) is 52.3 Å². The number of nitrogens with one attached hydrogen (secondary N) is 1. The predicted molar refractivity (Wildman–Crippen MR) is 152 cm³/mol. The van der Waals surface area contributed by atoms with E-state index < -0.39 is 59.4 Å². The van der Waals surface area contributed by atoms with Gasteiger partial charge in [0.05, 0.1) is 23.1 Å². The van der Waals surface area contributed by atoms with E-state index in [0.29, 0.717) is 11.3 Å². The fraction of sp³-hybridized carbons (Fsp3) is 0.172. The summed E-state index contributed by atoms with van der Waals surface area (Å²) in [4.78, 5) is 32.9. The summed E-state index contributed by atoms with van der Waals surface area (Å²) in [7, 11) is 1.77. The third-order valence-corrected chi connectivity index (χ3v) is 7.11. The highest BCUT2D eigenvalue weighted by Crippen LogP contribution is 2.36. The molecule has 45 heavy (non-hydrogen) atoms. The number of amides is 2. The molecule has 0 bridgehead atoms. The summed E-state index contributed by atoms with van der Waals surface area (Å²) in [5.41, 5.74) is 4.97. The van der Waals surface area contributed by atoms with Crippen LogP contribution in [0.15, 0.2) is 69.8 Å². The van der Waals surface area contributed by atoms with E-state index >= 15 is 4.39 Å². The van der Waals surface area contributed by atoms with Gasteiger partial charge in [0.1, 0.15) is 29.5 Å². The number of imidazole rings is 1. The second-order valence-electron chi connectivity index (χ2n) is 9.48. The molecule has 0 fully saturated rings. The van der Waals surface area contributed by atoms with Gasteiger partial charge in [0.15, 0.2) is 16.2 Å². The first-order valence-electron chi connectivity index (χ1n) is 12.9. The number of para-hydroxylation sites is 2. The summed E-state index contributed by atoms with van der Waals surface area (Å²) in [6.45, 7) is -0.663. The number of alkyl carbamates (subject to hydrolysis) is 1. The zero-order valence-electron chi connectivity index (χ0n) is 23.0. The zero-order valence-corrected chi connectivity index (χ0v) is 24.6. The number of halogens is 6. The van der Waals surface area contributed by atoms with E-state index in [1.54, 1.807) is 11.6 Å². The maximum atomic E-state index is 15.0. The molecule has 16 heteroatoms. The zero-order chi connectivity index (χ0) is 32.5. The number of oxazole rings is 1. The fourth-order valence-corrected chi connectivity index (χ4v) is 4.80. The Balaban J connectivity index is 1.39. The van der Waals surface area contributed by atoms with E-state index in [1.807, 2.05) is 24.3 Å². The van der Waals surface area contributed by atoms with Crippen molar-refractivity contribution >= 4 is 39.0 Å². The molecule has 3 N–H and O–H groups in total. The summed E-state index contributed by atoms with van der Waals surface area (Å²) < 4.78 is 86.4. The lowest BCUT2D eigenvalue weighted by atomic mass is 10.1. The Kier molecular flexibility index (Phi) is 8.77. The van der Waals surface area contributed by atoms with Gasteiger partial charge in [0.25, 0.3) is 5.91 Å². The standard InChI is InChI=1S/C29H21BrF5N5O5/c1-40-18-5-3-2-4-17(18)38-21(40)12-37-28(42)43-13-20(44-19-11-10-16(31)22(23(19)32)26(36)41)27-39-24(25(30)45-27)14-6-8-15(9-7-14)29(33,34)35/h2-11,20H,12-13H2,1H3,(H2,36,41)(H,37,42). The molecule has 0 saturated carbocycles. The third kappa shape index (κ3) is 6.74. The van der Waals surface area contributed by atoms with Crippen LogP contribution in [0.5, 0.6) is 5.75 Å². The Morgan fingerprint density at radius 2 is 1.78 bits per heavy atom. The van der Waals surface area contributed by atoms with Gasteiger partial charge < -0.3 is 29.5 Å². The third-order valence-electron chi connectivity index (χ3n) is 6.57. The monoisotopic (exact) mass is 693 g/mol. The van der Waals surface area contributed by atoms with E-state index in [9.17, 15) is 27.2 Å². The predicted octanol–water partition coefficient (Wildman–Crippen LogP) is 6.43. The topological polar surface area (TPSA) is 134 Å². The Morgan fingerprint density at radius 3 is 2.44 bits per heavy atom. The van der Waals surface area contributed by atoms with Crippen molar-refractivity contribution in [3.63, 3.8) is 0 Å². The van der Waals surface area contributed by atoms with Crippen molar-refractivity contribution in [3.05, 3.63) is 99.8 Å². The average Bonchev–Trinajstić information content (AvgIpc) is 3.54. The molecule has 0 saturated heterocycles. The minimum absolute atomic E-state index is 0.0211. The molecule has 1 atom stereocenters. The summed E-state index contributed by atoms with van der Waals surface area (Å²) >= 11 is 3.15. The first-order valence-corrected chi connectivity index (χ1v) is 13.7. The molecule has 0 aliphatic carbocycles. The highest BCUT2D eigenvalue weighted by Gasteiger charge is 2.31. The Morgan fingerprint density at radius 1 is 1.07 bits per heavy atom. The van der Waals surface area contributed by atoms with Crippen molar-refractivity contribution in [1.29, 1.82) is 0 Å². The van der Waals surface area contributed by atoms with Crippen LogP contribution in [0.1, 0.15) is 33.7 Å². The number of hydrogen-bond donors (Lipinski definition) is 2. The molecule has 5 rings (SSSR count). The van der Waals surface area contributed by atoms with E-state index in [2.05, 4.69) is 31.2 Å². The molecule has 5 aromatic rings. The first kappa shape index (κ1) is 31.4. The SMILES string of the molecule is Cn1c(CNC(=O)OCC(Oc2ccc(F)c(C(N)=O)c2F)c2nc(-c3ccc(C(F)(F)F)cc3)c(Br)o2)nc2ccccc21. The van der Waals surface area contributed by atoms with E-state index in [1.165, 1.54) is 0 Å². The van der Waals surface area contributed by atoms with Crippen LogP contribution >= 0.6 is 15.9 Å². The first-order chi connectivity index (χ1) is 21.3. The van der Waals surface area contributed by atoms with E-state index in [4.69, 9.17) is 19.6 Å². The lowest BCUT2D eigenvalue weighted by Crippen LogP contribution is -2.28. The van der Waals surface area contributed by atoms with Crippen LogP contribution in [0, 0.1) is 11.6 Å². The number of carbonyl (C=O) groups excluding carboxylic acids is 2. The molecule has 10 nitrogen and oxygen atoms in total. The summed E-state index contributed by atoms with van der Waals surface area (Å²) in [6.07, 6.45) is -6.98. The molecule has 1 unspecified atom stereocenters. The van der Waals surface area contributed by atoms with Crippen molar-refractivity contribution in [2.45, 2.75) is 18.8 Å². The lowest BCUT2D eigenvalue weighted by molar-refractivity contribution is -0.137. The Bertz CT molecular complexity index is 1890. The molecule has 2 amide bonds. The average molecular weight is 694 g/mol.